The molecule has 13 heavy (non-hydrogen) atoms. The van der Waals surface area contributed by atoms with Gasteiger partial charge in [-0.15, -0.1) is 0 Å². The number of aromatic nitrogens is 1. The van der Waals surface area contributed by atoms with Gasteiger partial charge in [-0.25, -0.2) is 0 Å². The second kappa shape index (κ2) is 2.63. The van der Waals surface area contributed by atoms with Crippen LogP contribution in [0.2, 0.25) is 0 Å². The first kappa shape index (κ1) is 8.37. The summed E-state index contributed by atoms with van der Waals surface area (Å²) in [6, 6.07) is 2.48. The van der Waals surface area contributed by atoms with Gasteiger partial charge in [0.25, 0.3) is 0 Å². The van der Waals surface area contributed by atoms with Gasteiger partial charge in [-0.2, -0.15) is 5.26 Å². The molecule has 0 aromatic carbocycles. The lowest BCUT2D eigenvalue weighted by Crippen LogP contribution is -2.33. The maximum Gasteiger partial charge on any atom is 0.0842 e. The van der Waals surface area contributed by atoms with Gasteiger partial charge in [0.2, 0.25) is 0 Å². The molecule has 1 heterocycles. The van der Waals surface area contributed by atoms with Crippen LogP contribution >= 0.6 is 0 Å². The molecule has 0 amide bonds. The lowest BCUT2D eigenvalue weighted by Gasteiger charge is -2.36. The summed E-state index contributed by atoms with van der Waals surface area (Å²) in [5, 5.41) is 9.19. The van der Waals surface area contributed by atoms with Gasteiger partial charge in [0, 0.05) is 11.9 Å². The topological polar surface area (TPSA) is 39.6 Å². The van der Waals surface area contributed by atoms with Crippen molar-refractivity contribution < 1.29 is 0 Å². The van der Waals surface area contributed by atoms with E-state index in [2.05, 4.69) is 24.9 Å². The van der Waals surface area contributed by atoms with E-state index < -0.39 is 0 Å². The van der Waals surface area contributed by atoms with Crippen LogP contribution in [0.1, 0.15) is 36.1 Å². The molecule has 1 aromatic rings. The minimum absolute atomic E-state index is 0.159. The Bertz CT molecular complexity index is 344. The molecule has 1 aliphatic carbocycles. The Kier molecular flexibility index (Phi) is 1.69. The molecule has 1 aliphatic rings. The summed E-state index contributed by atoms with van der Waals surface area (Å²) in [6.45, 7) is 4.13. The molecule has 0 bridgehead atoms. The highest BCUT2D eigenvalue weighted by Crippen LogP contribution is 2.45. The molecular formula is C11H14N2. The van der Waals surface area contributed by atoms with Gasteiger partial charge < -0.3 is 4.98 Å². The molecule has 68 valence electrons. The molecule has 0 atom stereocenters. The summed E-state index contributed by atoms with van der Waals surface area (Å²) in [4.78, 5) is 3.19. The van der Waals surface area contributed by atoms with Gasteiger partial charge in [-0.05, 0) is 44.2 Å². The maximum atomic E-state index is 9.19. The fourth-order valence-electron chi connectivity index (χ4n) is 2.34. The third-order valence-electron chi connectivity index (χ3n) is 3.17. The Balaban J connectivity index is 2.50. The normalized spacial score (nSPS) is 19.2. The molecule has 2 heteroatoms. The lowest BCUT2D eigenvalue weighted by atomic mass is 9.64. The van der Waals surface area contributed by atoms with Crippen molar-refractivity contribution in [3.05, 3.63) is 23.0 Å². The molecule has 2 nitrogen and oxygen atoms in total. The van der Waals surface area contributed by atoms with E-state index in [9.17, 15) is 5.26 Å². The SMILES string of the molecule is Cc1c[nH]c(C)c1C1(C#N)CCC1. The minimum Gasteiger partial charge on any atom is -0.365 e. The van der Waals surface area contributed by atoms with Crippen molar-refractivity contribution in [2.45, 2.75) is 38.5 Å². The second-order valence-corrected chi connectivity index (χ2v) is 4.02. The molecule has 0 radical (unpaired) electrons. The number of aromatic amines is 1. The van der Waals surface area contributed by atoms with E-state index in [4.69, 9.17) is 0 Å². The van der Waals surface area contributed by atoms with Crippen molar-refractivity contribution in [3.63, 3.8) is 0 Å². The highest BCUT2D eigenvalue weighted by atomic mass is 14.7. The number of H-pyrrole nitrogens is 1. The molecule has 1 N–H and O–H groups in total. The molecular weight excluding hydrogens is 160 g/mol. The molecule has 0 unspecified atom stereocenters. The monoisotopic (exact) mass is 174 g/mol. The summed E-state index contributed by atoms with van der Waals surface area (Å²) < 4.78 is 0. The van der Waals surface area contributed by atoms with Gasteiger partial charge in [-0.1, -0.05) is 0 Å². The smallest absolute Gasteiger partial charge is 0.0842 e. The van der Waals surface area contributed by atoms with Crippen LogP contribution < -0.4 is 0 Å². The quantitative estimate of drug-likeness (QED) is 0.698. The Labute approximate surface area is 78.6 Å². The standard InChI is InChI=1S/C11H14N2/c1-8-6-13-9(2)10(8)11(7-12)4-3-5-11/h6,13H,3-5H2,1-2H3. The van der Waals surface area contributed by atoms with Crippen molar-refractivity contribution in [2.24, 2.45) is 0 Å². The first-order chi connectivity index (χ1) is 6.19. The summed E-state index contributed by atoms with van der Waals surface area (Å²) in [5.74, 6) is 0. The average Bonchev–Trinajstić information content (AvgIpc) is 2.35. The van der Waals surface area contributed by atoms with Crippen LogP contribution in [-0.2, 0) is 5.41 Å². The van der Waals surface area contributed by atoms with Crippen LogP contribution in [0, 0.1) is 25.2 Å². The number of nitrogens with one attached hydrogen (secondary N) is 1. The van der Waals surface area contributed by atoms with Gasteiger partial charge in [0.1, 0.15) is 0 Å². The fraction of sp³-hybridized carbons (Fsp3) is 0.545. The molecule has 1 aromatic heterocycles. The van der Waals surface area contributed by atoms with E-state index in [0.29, 0.717) is 0 Å². The first-order valence-corrected chi connectivity index (χ1v) is 4.76. The molecule has 0 spiro atoms. The van der Waals surface area contributed by atoms with Crippen molar-refractivity contribution >= 4 is 0 Å². The van der Waals surface area contributed by atoms with E-state index in [-0.39, 0.29) is 5.41 Å². The third kappa shape index (κ3) is 1.00. The van der Waals surface area contributed by atoms with Crippen LogP contribution in [0.4, 0.5) is 0 Å². The fourth-order valence-corrected chi connectivity index (χ4v) is 2.34. The summed E-state index contributed by atoms with van der Waals surface area (Å²) in [6.07, 6.45) is 5.26. The number of aryl methyl sites for hydroxylation is 2. The third-order valence-corrected chi connectivity index (χ3v) is 3.17. The van der Waals surface area contributed by atoms with Crippen LogP contribution in [0.3, 0.4) is 0 Å². The maximum absolute atomic E-state index is 9.19. The highest BCUT2D eigenvalue weighted by Gasteiger charge is 2.41. The van der Waals surface area contributed by atoms with Crippen LogP contribution in [0.15, 0.2) is 6.20 Å². The van der Waals surface area contributed by atoms with Gasteiger partial charge in [-0.3, -0.25) is 0 Å². The van der Waals surface area contributed by atoms with Crippen molar-refractivity contribution in [2.75, 3.05) is 0 Å². The Morgan fingerprint density at radius 2 is 2.15 bits per heavy atom. The van der Waals surface area contributed by atoms with Crippen molar-refractivity contribution in [1.82, 2.24) is 4.98 Å². The first-order valence-electron chi connectivity index (χ1n) is 4.76. The largest absolute Gasteiger partial charge is 0.365 e. The van der Waals surface area contributed by atoms with Gasteiger partial charge in [0.15, 0.2) is 0 Å². The number of nitrogens with zero attached hydrogens (tertiary/aromatic N) is 1. The van der Waals surface area contributed by atoms with Gasteiger partial charge >= 0.3 is 0 Å². The number of rotatable bonds is 1. The number of hydrogen-bond acceptors (Lipinski definition) is 1. The Morgan fingerprint density at radius 3 is 2.46 bits per heavy atom. The minimum atomic E-state index is -0.159. The zero-order chi connectivity index (χ0) is 9.47. The molecule has 1 saturated carbocycles. The van der Waals surface area contributed by atoms with Crippen molar-refractivity contribution in [3.8, 4) is 6.07 Å². The molecule has 1 fully saturated rings. The number of nitriles is 1. The van der Waals surface area contributed by atoms with Crippen LogP contribution in [-0.4, -0.2) is 4.98 Å². The summed E-state index contributed by atoms with van der Waals surface area (Å²) in [7, 11) is 0. The molecule has 2 rings (SSSR count). The second-order valence-electron chi connectivity index (χ2n) is 4.02. The molecule has 0 aliphatic heterocycles. The Morgan fingerprint density at radius 1 is 1.46 bits per heavy atom. The Hall–Kier alpha value is -1.23. The van der Waals surface area contributed by atoms with E-state index in [1.807, 2.05) is 6.20 Å². The average molecular weight is 174 g/mol. The van der Waals surface area contributed by atoms with E-state index in [0.717, 1.165) is 12.8 Å². The van der Waals surface area contributed by atoms with E-state index in [1.165, 1.54) is 23.2 Å². The van der Waals surface area contributed by atoms with Gasteiger partial charge in [0.05, 0.1) is 11.5 Å². The van der Waals surface area contributed by atoms with Crippen molar-refractivity contribution in [1.29, 1.82) is 5.26 Å². The zero-order valence-electron chi connectivity index (χ0n) is 8.15. The highest BCUT2D eigenvalue weighted by molar-refractivity contribution is 5.43. The van der Waals surface area contributed by atoms with E-state index >= 15 is 0 Å². The predicted molar refractivity (Wildman–Crippen MR) is 51.4 cm³/mol. The molecule has 0 saturated heterocycles. The summed E-state index contributed by atoms with van der Waals surface area (Å²) >= 11 is 0. The summed E-state index contributed by atoms with van der Waals surface area (Å²) in [5.41, 5.74) is 3.49. The van der Waals surface area contributed by atoms with Crippen LogP contribution in [0.25, 0.3) is 0 Å². The lowest BCUT2D eigenvalue weighted by molar-refractivity contribution is 0.322. The zero-order valence-corrected chi connectivity index (χ0v) is 8.15. The van der Waals surface area contributed by atoms with E-state index in [1.54, 1.807) is 0 Å². The number of hydrogen-bond donors (Lipinski definition) is 1. The predicted octanol–water partition coefficient (Wildman–Crippen LogP) is 2.58. The van der Waals surface area contributed by atoms with Crippen LogP contribution in [0.5, 0.6) is 0 Å².